The molecule has 4 rings (SSSR count). The molecule has 1 aliphatic heterocycles. The first kappa shape index (κ1) is 23.1. The third-order valence-corrected chi connectivity index (χ3v) is 5.89. The molecular weight excluding hydrogens is 432 g/mol. The van der Waals surface area contributed by atoms with E-state index >= 15 is 0 Å². The van der Waals surface area contributed by atoms with Gasteiger partial charge in [-0.1, -0.05) is 18.2 Å². The molecule has 2 N–H and O–H groups in total. The predicted octanol–water partition coefficient (Wildman–Crippen LogP) is 4.21. The zero-order valence-corrected chi connectivity index (χ0v) is 19.3. The Hall–Kier alpha value is -4.07. The maximum Gasteiger partial charge on any atom is 0.255 e. The number of nitrogens with one attached hydrogen (secondary N) is 2. The zero-order chi connectivity index (χ0) is 23.9. The molecule has 8 heteroatoms. The predicted molar refractivity (Wildman–Crippen MR) is 132 cm³/mol. The third-order valence-electron chi connectivity index (χ3n) is 5.89. The highest BCUT2D eigenvalue weighted by Crippen LogP contribution is 2.26. The summed E-state index contributed by atoms with van der Waals surface area (Å²) < 4.78 is 10.5. The molecule has 176 valence electrons. The number of hydrogen-bond acceptors (Lipinski definition) is 6. The summed E-state index contributed by atoms with van der Waals surface area (Å²) in [4.78, 5) is 32.1. The summed E-state index contributed by atoms with van der Waals surface area (Å²) in [5, 5.41) is 5.87. The fraction of sp³-hybridized carbons (Fsp3) is 0.269. The van der Waals surface area contributed by atoms with Gasteiger partial charge in [-0.05, 0) is 49.2 Å². The van der Waals surface area contributed by atoms with Gasteiger partial charge in [-0.2, -0.15) is 0 Å². The van der Waals surface area contributed by atoms with Crippen LogP contribution in [0.2, 0.25) is 0 Å². The summed E-state index contributed by atoms with van der Waals surface area (Å²) in [7, 11) is 3.16. The Bertz CT molecular complexity index is 1160. The van der Waals surface area contributed by atoms with Crippen LogP contribution >= 0.6 is 0 Å². The van der Waals surface area contributed by atoms with E-state index in [2.05, 4.69) is 20.5 Å². The van der Waals surface area contributed by atoms with Crippen LogP contribution in [0, 0.1) is 5.92 Å². The monoisotopic (exact) mass is 460 g/mol. The molecular formula is C26H28N4O4. The molecule has 2 aromatic carbocycles. The van der Waals surface area contributed by atoms with Crippen molar-refractivity contribution in [2.75, 3.05) is 42.8 Å². The molecule has 0 atom stereocenters. The molecule has 2 heterocycles. The van der Waals surface area contributed by atoms with Crippen LogP contribution in [-0.4, -0.2) is 44.1 Å². The Kier molecular flexibility index (Phi) is 7.27. The number of rotatable bonds is 7. The standard InChI is InChI=1S/C26H28N4O4/c1-33-21-7-5-6-20(17-21)28-25(31)18-11-14-30(15-12-18)24-16-19(10-13-27-24)26(32)29-22-8-3-4-9-23(22)34-2/h3-10,13,16-18H,11-12,14-15H2,1-2H3,(H,28,31)(H,29,32). The van der Waals surface area contributed by atoms with E-state index in [1.807, 2.05) is 30.3 Å². The molecule has 1 saturated heterocycles. The van der Waals surface area contributed by atoms with Crippen molar-refractivity contribution in [3.8, 4) is 11.5 Å². The number of benzene rings is 2. The molecule has 1 aliphatic rings. The van der Waals surface area contributed by atoms with Crippen molar-refractivity contribution >= 4 is 29.0 Å². The number of carbonyl (C=O) groups excluding carboxylic acids is 2. The minimum atomic E-state index is -0.235. The first-order valence-corrected chi connectivity index (χ1v) is 11.2. The van der Waals surface area contributed by atoms with Gasteiger partial charge in [0, 0.05) is 42.5 Å². The molecule has 1 aromatic heterocycles. The molecule has 1 fully saturated rings. The van der Waals surface area contributed by atoms with E-state index in [-0.39, 0.29) is 17.7 Å². The lowest BCUT2D eigenvalue weighted by Gasteiger charge is -2.32. The zero-order valence-electron chi connectivity index (χ0n) is 19.3. The summed E-state index contributed by atoms with van der Waals surface area (Å²) in [5.41, 5.74) is 1.84. The molecule has 0 spiro atoms. The van der Waals surface area contributed by atoms with Crippen LogP contribution in [0.15, 0.2) is 66.9 Å². The molecule has 0 aliphatic carbocycles. The van der Waals surface area contributed by atoms with Crippen LogP contribution in [0.5, 0.6) is 11.5 Å². The highest BCUT2D eigenvalue weighted by atomic mass is 16.5. The number of hydrogen-bond donors (Lipinski definition) is 2. The first-order chi connectivity index (χ1) is 16.6. The number of methoxy groups -OCH3 is 2. The van der Waals surface area contributed by atoms with Gasteiger partial charge in [0.25, 0.3) is 5.91 Å². The molecule has 0 unspecified atom stereocenters. The van der Waals surface area contributed by atoms with Gasteiger partial charge < -0.3 is 25.0 Å². The van der Waals surface area contributed by atoms with Crippen molar-refractivity contribution in [3.05, 3.63) is 72.4 Å². The number of piperidine rings is 1. The molecule has 8 nitrogen and oxygen atoms in total. The quantitative estimate of drug-likeness (QED) is 0.549. The van der Waals surface area contributed by atoms with Crippen molar-refractivity contribution < 1.29 is 19.1 Å². The van der Waals surface area contributed by atoms with Crippen molar-refractivity contribution in [1.82, 2.24) is 4.98 Å². The second kappa shape index (κ2) is 10.7. The smallest absolute Gasteiger partial charge is 0.255 e. The third kappa shape index (κ3) is 5.46. The molecule has 0 saturated carbocycles. The second-order valence-corrected chi connectivity index (χ2v) is 8.04. The lowest BCUT2D eigenvalue weighted by molar-refractivity contribution is -0.120. The van der Waals surface area contributed by atoms with E-state index in [4.69, 9.17) is 9.47 Å². The van der Waals surface area contributed by atoms with Crippen molar-refractivity contribution in [2.24, 2.45) is 5.92 Å². The van der Waals surface area contributed by atoms with Gasteiger partial charge in [0.15, 0.2) is 0 Å². The van der Waals surface area contributed by atoms with Crippen LogP contribution in [0.3, 0.4) is 0 Å². The van der Waals surface area contributed by atoms with Crippen LogP contribution in [-0.2, 0) is 4.79 Å². The van der Waals surface area contributed by atoms with Crippen molar-refractivity contribution in [3.63, 3.8) is 0 Å². The fourth-order valence-corrected chi connectivity index (χ4v) is 3.99. The van der Waals surface area contributed by atoms with Gasteiger partial charge in [-0.3, -0.25) is 9.59 Å². The van der Waals surface area contributed by atoms with E-state index in [9.17, 15) is 9.59 Å². The van der Waals surface area contributed by atoms with Gasteiger partial charge in [-0.25, -0.2) is 4.98 Å². The normalized spacial score (nSPS) is 13.8. The molecule has 0 radical (unpaired) electrons. The maximum absolute atomic E-state index is 12.8. The number of pyridine rings is 1. The number of carbonyl (C=O) groups is 2. The Labute approximate surface area is 198 Å². The summed E-state index contributed by atoms with van der Waals surface area (Å²) in [5.74, 6) is 1.71. The van der Waals surface area contributed by atoms with Crippen LogP contribution in [0.25, 0.3) is 0 Å². The van der Waals surface area contributed by atoms with E-state index in [1.54, 1.807) is 50.7 Å². The SMILES string of the molecule is COc1cccc(NC(=O)C2CCN(c3cc(C(=O)Nc4ccccc4OC)ccn3)CC2)c1. The molecule has 0 bridgehead atoms. The summed E-state index contributed by atoms with van der Waals surface area (Å²) >= 11 is 0. The van der Waals surface area contributed by atoms with Crippen molar-refractivity contribution in [2.45, 2.75) is 12.8 Å². The summed E-state index contributed by atoms with van der Waals surface area (Å²) in [6, 6.07) is 18.1. The minimum Gasteiger partial charge on any atom is -0.497 e. The Morgan fingerprint density at radius 2 is 1.74 bits per heavy atom. The van der Waals surface area contributed by atoms with Crippen LogP contribution < -0.4 is 25.0 Å². The van der Waals surface area contributed by atoms with Gasteiger partial charge in [0.1, 0.15) is 17.3 Å². The number of para-hydroxylation sites is 2. The Morgan fingerprint density at radius 1 is 0.941 bits per heavy atom. The van der Waals surface area contributed by atoms with E-state index in [0.717, 1.165) is 11.5 Å². The fourth-order valence-electron chi connectivity index (χ4n) is 3.99. The second-order valence-electron chi connectivity index (χ2n) is 8.04. The maximum atomic E-state index is 12.8. The molecule has 2 amide bonds. The van der Waals surface area contributed by atoms with Gasteiger partial charge >= 0.3 is 0 Å². The summed E-state index contributed by atoms with van der Waals surface area (Å²) in [6.45, 7) is 1.36. The summed E-state index contributed by atoms with van der Waals surface area (Å²) in [6.07, 6.45) is 3.04. The number of amides is 2. The first-order valence-electron chi connectivity index (χ1n) is 11.2. The van der Waals surface area contributed by atoms with E-state index < -0.39 is 0 Å². The van der Waals surface area contributed by atoms with Crippen molar-refractivity contribution in [1.29, 1.82) is 0 Å². The number of aromatic nitrogens is 1. The average molecular weight is 461 g/mol. The topological polar surface area (TPSA) is 92.8 Å². The largest absolute Gasteiger partial charge is 0.497 e. The van der Waals surface area contributed by atoms with E-state index in [0.29, 0.717) is 48.7 Å². The Balaban J connectivity index is 1.36. The molecule has 3 aromatic rings. The lowest BCUT2D eigenvalue weighted by atomic mass is 9.95. The minimum absolute atomic E-state index is 0.00537. The average Bonchev–Trinajstić information content (AvgIpc) is 2.89. The van der Waals surface area contributed by atoms with Crippen LogP contribution in [0.1, 0.15) is 23.2 Å². The lowest BCUT2D eigenvalue weighted by Crippen LogP contribution is -2.38. The van der Waals surface area contributed by atoms with E-state index in [1.165, 1.54) is 0 Å². The van der Waals surface area contributed by atoms with Gasteiger partial charge in [-0.15, -0.1) is 0 Å². The number of anilines is 3. The highest BCUT2D eigenvalue weighted by Gasteiger charge is 2.26. The van der Waals surface area contributed by atoms with Crippen LogP contribution in [0.4, 0.5) is 17.2 Å². The molecule has 34 heavy (non-hydrogen) atoms. The number of nitrogens with zero attached hydrogens (tertiary/aromatic N) is 2. The highest BCUT2D eigenvalue weighted by molar-refractivity contribution is 6.05. The number of ether oxygens (including phenoxy) is 2. The Morgan fingerprint density at radius 3 is 2.50 bits per heavy atom. The van der Waals surface area contributed by atoms with Gasteiger partial charge in [0.2, 0.25) is 5.91 Å². The van der Waals surface area contributed by atoms with Gasteiger partial charge in [0.05, 0.1) is 19.9 Å².